The molecule has 0 spiro atoms. The van der Waals surface area contributed by atoms with Gasteiger partial charge in [-0.2, -0.15) is 5.10 Å². The minimum atomic E-state index is 0.503. The van der Waals surface area contributed by atoms with Crippen LogP contribution in [0.2, 0.25) is 0 Å². The molecule has 0 bridgehead atoms. The second kappa shape index (κ2) is 6.99. The summed E-state index contributed by atoms with van der Waals surface area (Å²) < 4.78 is 0. The molecule has 20 heavy (non-hydrogen) atoms. The van der Waals surface area contributed by atoms with Crippen molar-refractivity contribution >= 4 is 17.6 Å². The van der Waals surface area contributed by atoms with Gasteiger partial charge in [-0.05, 0) is 12.5 Å². The predicted molar refractivity (Wildman–Crippen MR) is 81.9 cm³/mol. The van der Waals surface area contributed by atoms with Gasteiger partial charge in [0.05, 0.1) is 11.9 Å². The van der Waals surface area contributed by atoms with Crippen LogP contribution in [-0.4, -0.2) is 22.8 Å². The zero-order chi connectivity index (χ0) is 14.2. The summed E-state index contributed by atoms with van der Waals surface area (Å²) in [6.45, 7) is 1.89. The van der Waals surface area contributed by atoms with E-state index in [2.05, 4.69) is 15.4 Å². The summed E-state index contributed by atoms with van der Waals surface area (Å²) in [6, 6.07) is 19.3. The molecule has 2 aromatic carbocycles. The van der Waals surface area contributed by atoms with Crippen LogP contribution in [0.3, 0.4) is 0 Å². The highest BCUT2D eigenvalue weighted by atomic mass is 16.4. The van der Waals surface area contributed by atoms with Crippen LogP contribution in [0.5, 0.6) is 0 Å². The van der Waals surface area contributed by atoms with Crippen molar-refractivity contribution in [3.63, 3.8) is 0 Å². The fourth-order valence-electron chi connectivity index (χ4n) is 1.69. The molecule has 0 aliphatic carbocycles. The number of rotatable bonds is 4. The first-order valence-electron chi connectivity index (χ1n) is 6.22. The third-order valence-corrected chi connectivity index (χ3v) is 2.75. The van der Waals surface area contributed by atoms with Crippen molar-refractivity contribution in [2.45, 2.75) is 6.92 Å². The maximum absolute atomic E-state index is 8.72. The lowest BCUT2D eigenvalue weighted by atomic mass is 10.1. The molecule has 0 aliphatic heterocycles. The van der Waals surface area contributed by atoms with Crippen LogP contribution in [0.4, 0.5) is 0 Å². The molecule has 0 saturated carbocycles. The summed E-state index contributed by atoms with van der Waals surface area (Å²) in [5.41, 5.74) is 3.15. The topological polar surface area (TPSA) is 57.3 Å². The highest BCUT2D eigenvalue weighted by molar-refractivity contribution is 6.38. The van der Waals surface area contributed by atoms with E-state index >= 15 is 0 Å². The van der Waals surface area contributed by atoms with E-state index in [0.717, 1.165) is 16.8 Å². The standard InChI is InChI=1S/C16H15N3O/c1-13(14-8-4-2-5-9-14)18-19-16(12-17-20)15-10-6-3-7-11-15/h2-12,20H,1H3/b17-12+,18-13?,19-16+. The summed E-state index contributed by atoms with van der Waals surface area (Å²) in [6.07, 6.45) is 1.27. The van der Waals surface area contributed by atoms with E-state index in [1.165, 1.54) is 6.21 Å². The van der Waals surface area contributed by atoms with Crippen LogP contribution in [-0.2, 0) is 0 Å². The Morgan fingerprint density at radius 2 is 1.40 bits per heavy atom. The van der Waals surface area contributed by atoms with Crippen molar-refractivity contribution in [2.24, 2.45) is 15.4 Å². The zero-order valence-electron chi connectivity index (χ0n) is 11.1. The summed E-state index contributed by atoms with van der Waals surface area (Å²) in [5.74, 6) is 0. The number of benzene rings is 2. The molecule has 1 N–H and O–H groups in total. The second-order valence-corrected chi connectivity index (χ2v) is 4.15. The minimum Gasteiger partial charge on any atom is -0.411 e. The smallest absolute Gasteiger partial charge is 0.114 e. The van der Waals surface area contributed by atoms with Crippen LogP contribution in [0.1, 0.15) is 18.1 Å². The Hall–Kier alpha value is -2.75. The lowest BCUT2D eigenvalue weighted by Crippen LogP contribution is -2.02. The normalized spacial score (nSPS) is 12.8. The van der Waals surface area contributed by atoms with Crippen LogP contribution in [0.25, 0.3) is 0 Å². The van der Waals surface area contributed by atoms with E-state index in [-0.39, 0.29) is 0 Å². The van der Waals surface area contributed by atoms with Gasteiger partial charge in [0.25, 0.3) is 0 Å². The summed E-state index contributed by atoms with van der Waals surface area (Å²) in [4.78, 5) is 0. The van der Waals surface area contributed by atoms with Crippen molar-refractivity contribution < 1.29 is 5.21 Å². The quantitative estimate of drug-likeness (QED) is 0.514. The van der Waals surface area contributed by atoms with E-state index in [0.29, 0.717) is 5.71 Å². The molecule has 0 radical (unpaired) electrons. The highest BCUT2D eigenvalue weighted by Crippen LogP contribution is 2.04. The van der Waals surface area contributed by atoms with Gasteiger partial charge in [0, 0.05) is 5.56 Å². The van der Waals surface area contributed by atoms with Crippen molar-refractivity contribution in [1.82, 2.24) is 0 Å². The molecule has 0 amide bonds. The molecule has 0 heterocycles. The van der Waals surface area contributed by atoms with Gasteiger partial charge in [-0.25, -0.2) is 0 Å². The predicted octanol–water partition coefficient (Wildman–Crippen LogP) is 3.36. The molecular weight excluding hydrogens is 250 g/mol. The fraction of sp³-hybridized carbons (Fsp3) is 0.0625. The fourth-order valence-corrected chi connectivity index (χ4v) is 1.69. The van der Waals surface area contributed by atoms with Gasteiger partial charge >= 0.3 is 0 Å². The molecule has 4 nitrogen and oxygen atoms in total. The van der Waals surface area contributed by atoms with Crippen LogP contribution in [0, 0.1) is 0 Å². The van der Waals surface area contributed by atoms with E-state index in [4.69, 9.17) is 5.21 Å². The van der Waals surface area contributed by atoms with E-state index in [1.54, 1.807) is 0 Å². The first-order valence-corrected chi connectivity index (χ1v) is 6.22. The maximum atomic E-state index is 8.72. The van der Waals surface area contributed by atoms with Crippen molar-refractivity contribution in [2.75, 3.05) is 0 Å². The highest BCUT2D eigenvalue weighted by Gasteiger charge is 2.00. The van der Waals surface area contributed by atoms with E-state index < -0.39 is 0 Å². The van der Waals surface area contributed by atoms with Crippen LogP contribution in [0.15, 0.2) is 76.0 Å². The number of hydrogen-bond donors (Lipinski definition) is 1. The molecular formula is C16H15N3O. The maximum Gasteiger partial charge on any atom is 0.114 e. The SMILES string of the molecule is CC(=N/N=C(\C=N\O)c1ccccc1)c1ccccc1. The number of oxime groups is 1. The largest absolute Gasteiger partial charge is 0.411 e. The van der Waals surface area contributed by atoms with Crippen molar-refractivity contribution in [3.05, 3.63) is 71.8 Å². The Morgan fingerprint density at radius 3 is 1.95 bits per heavy atom. The van der Waals surface area contributed by atoms with Gasteiger partial charge in [0.2, 0.25) is 0 Å². The summed E-state index contributed by atoms with van der Waals surface area (Å²) >= 11 is 0. The van der Waals surface area contributed by atoms with Crippen LogP contribution < -0.4 is 0 Å². The molecule has 100 valence electrons. The second-order valence-electron chi connectivity index (χ2n) is 4.15. The monoisotopic (exact) mass is 265 g/mol. The molecule has 0 saturated heterocycles. The molecule has 2 aromatic rings. The first kappa shape index (κ1) is 13.7. The minimum absolute atomic E-state index is 0.503. The molecule has 2 rings (SSSR count). The van der Waals surface area contributed by atoms with Gasteiger partial charge in [0.1, 0.15) is 5.71 Å². The number of nitrogens with zero attached hydrogens (tertiary/aromatic N) is 3. The van der Waals surface area contributed by atoms with E-state index in [9.17, 15) is 0 Å². The Bertz CT molecular complexity index is 631. The Balaban J connectivity index is 2.31. The third-order valence-electron chi connectivity index (χ3n) is 2.75. The number of hydrogen-bond acceptors (Lipinski definition) is 4. The molecule has 0 aliphatic rings. The molecule has 0 unspecified atom stereocenters. The first-order chi connectivity index (χ1) is 9.81. The molecule has 0 fully saturated rings. The Labute approximate surface area is 117 Å². The van der Waals surface area contributed by atoms with Crippen molar-refractivity contribution in [1.29, 1.82) is 0 Å². The molecule has 0 aromatic heterocycles. The van der Waals surface area contributed by atoms with Gasteiger partial charge in [-0.15, -0.1) is 5.10 Å². The lowest BCUT2D eigenvalue weighted by Gasteiger charge is -2.00. The summed E-state index contributed by atoms with van der Waals surface area (Å²) in [5, 5.41) is 20.1. The third kappa shape index (κ3) is 3.62. The van der Waals surface area contributed by atoms with Gasteiger partial charge in [-0.1, -0.05) is 65.8 Å². The van der Waals surface area contributed by atoms with Crippen molar-refractivity contribution in [3.8, 4) is 0 Å². The summed E-state index contributed by atoms with van der Waals surface area (Å²) in [7, 11) is 0. The van der Waals surface area contributed by atoms with Gasteiger partial charge < -0.3 is 5.21 Å². The Kier molecular flexibility index (Phi) is 4.78. The zero-order valence-corrected chi connectivity index (χ0v) is 11.1. The van der Waals surface area contributed by atoms with Gasteiger partial charge in [0.15, 0.2) is 0 Å². The van der Waals surface area contributed by atoms with Gasteiger partial charge in [-0.3, -0.25) is 0 Å². The molecule has 0 atom stereocenters. The Morgan fingerprint density at radius 1 is 0.850 bits per heavy atom. The molecule has 4 heteroatoms. The average Bonchev–Trinajstić information content (AvgIpc) is 2.53. The lowest BCUT2D eigenvalue weighted by molar-refractivity contribution is 0.322. The van der Waals surface area contributed by atoms with Crippen LogP contribution >= 0.6 is 0 Å². The average molecular weight is 265 g/mol. The van der Waals surface area contributed by atoms with E-state index in [1.807, 2.05) is 67.6 Å².